The van der Waals surface area contributed by atoms with E-state index in [1.807, 2.05) is 0 Å². The van der Waals surface area contributed by atoms with E-state index < -0.39 is 17.7 Å². The molecular formula is C11H9F3O2. The SMILES string of the molecule is C=C(CC(=O)O)c1ccc(C(F)(F)F)cc1. The summed E-state index contributed by atoms with van der Waals surface area (Å²) < 4.78 is 36.6. The summed E-state index contributed by atoms with van der Waals surface area (Å²) in [5, 5.41) is 8.49. The molecule has 0 aliphatic heterocycles. The predicted octanol–water partition coefficient (Wildman–Crippen LogP) is 3.19. The zero-order valence-corrected chi connectivity index (χ0v) is 8.21. The molecule has 5 heteroatoms. The Morgan fingerprint density at radius 1 is 1.25 bits per heavy atom. The van der Waals surface area contributed by atoms with E-state index in [-0.39, 0.29) is 12.0 Å². The molecule has 0 radical (unpaired) electrons. The third-order valence-corrected chi connectivity index (χ3v) is 1.99. The van der Waals surface area contributed by atoms with E-state index >= 15 is 0 Å². The van der Waals surface area contributed by atoms with Crippen molar-refractivity contribution in [3.63, 3.8) is 0 Å². The Morgan fingerprint density at radius 3 is 2.12 bits per heavy atom. The first-order chi connectivity index (χ1) is 7.30. The summed E-state index contributed by atoms with van der Waals surface area (Å²) in [4.78, 5) is 10.4. The van der Waals surface area contributed by atoms with Gasteiger partial charge in [0.05, 0.1) is 12.0 Å². The van der Waals surface area contributed by atoms with Crippen LogP contribution in [0.4, 0.5) is 13.2 Å². The fourth-order valence-corrected chi connectivity index (χ4v) is 1.18. The third-order valence-electron chi connectivity index (χ3n) is 1.99. The highest BCUT2D eigenvalue weighted by Gasteiger charge is 2.29. The molecular weight excluding hydrogens is 221 g/mol. The molecule has 0 heterocycles. The lowest BCUT2D eigenvalue weighted by Crippen LogP contribution is -2.04. The van der Waals surface area contributed by atoms with Crippen molar-refractivity contribution < 1.29 is 23.1 Å². The second kappa shape index (κ2) is 4.38. The minimum atomic E-state index is -4.38. The zero-order valence-electron chi connectivity index (χ0n) is 8.21. The summed E-state index contributed by atoms with van der Waals surface area (Å²) in [7, 11) is 0. The topological polar surface area (TPSA) is 37.3 Å². The number of benzene rings is 1. The van der Waals surface area contributed by atoms with Gasteiger partial charge in [-0.25, -0.2) is 0 Å². The van der Waals surface area contributed by atoms with Crippen LogP contribution in [-0.2, 0) is 11.0 Å². The first-order valence-corrected chi connectivity index (χ1v) is 4.38. The van der Waals surface area contributed by atoms with Gasteiger partial charge in [0.15, 0.2) is 0 Å². The fraction of sp³-hybridized carbons (Fsp3) is 0.182. The Bertz CT molecular complexity index is 404. The Hall–Kier alpha value is -1.78. The molecule has 1 aromatic carbocycles. The van der Waals surface area contributed by atoms with Gasteiger partial charge in [0.2, 0.25) is 0 Å². The van der Waals surface area contributed by atoms with Crippen LogP contribution in [0, 0.1) is 0 Å². The van der Waals surface area contributed by atoms with Crippen LogP contribution in [0.15, 0.2) is 30.8 Å². The van der Waals surface area contributed by atoms with Crippen molar-refractivity contribution in [3.8, 4) is 0 Å². The molecule has 0 fully saturated rings. The van der Waals surface area contributed by atoms with Crippen molar-refractivity contribution in [1.29, 1.82) is 0 Å². The Balaban J connectivity index is 2.87. The number of halogens is 3. The molecule has 0 saturated heterocycles. The molecule has 2 nitrogen and oxygen atoms in total. The maximum absolute atomic E-state index is 12.2. The summed E-state index contributed by atoms with van der Waals surface area (Å²) in [6.45, 7) is 3.49. The number of hydrogen-bond donors (Lipinski definition) is 1. The average molecular weight is 230 g/mol. The van der Waals surface area contributed by atoms with Crippen LogP contribution in [0.25, 0.3) is 5.57 Å². The molecule has 0 aliphatic carbocycles. The lowest BCUT2D eigenvalue weighted by Gasteiger charge is -2.08. The van der Waals surface area contributed by atoms with Gasteiger partial charge in [-0.15, -0.1) is 0 Å². The lowest BCUT2D eigenvalue weighted by atomic mass is 10.0. The molecule has 0 bridgehead atoms. The minimum absolute atomic E-state index is 0.279. The Labute approximate surface area is 90.0 Å². The molecule has 0 spiro atoms. The highest BCUT2D eigenvalue weighted by Crippen LogP contribution is 2.30. The molecule has 0 atom stereocenters. The summed E-state index contributed by atoms with van der Waals surface area (Å²) in [5.74, 6) is -1.06. The smallest absolute Gasteiger partial charge is 0.416 e. The highest BCUT2D eigenvalue weighted by atomic mass is 19.4. The van der Waals surface area contributed by atoms with E-state index in [0.29, 0.717) is 5.56 Å². The lowest BCUT2D eigenvalue weighted by molar-refractivity contribution is -0.138. The van der Waals surface area contributed by atoms with E-state index in [1.165, 1.54) is 12.1 Å². The molecule has 16 heavy (non-hydrogen) atoms. The summed E-state index contributed by atoms with van der Waals surface area (Å²) >= 11 is 0. The van der Waals surface area contributed by atoms with Gasteiger partial charge in [-0.2, -0.15) is 13.2 Å². The van der Waals surface area contributed by atoms with Crippen LogP contribution in [0.3, 0.4) is 0 Å². The van der Waals surface area contributed by atoms with Crippen molar-refractivity contribution in [2.45, 2.75) is 12.6 Å². The van der Waals surface area contributed by atoms with Gasteiger partial charge in [0.1, 0.15) is 0 Å². The minimum Gasteiger partial charge on any atom is -0.481 e. The van der Waals surface area contributed by atoms with Crippen LogP contribution in [0.1, 0.15) is 17.5 Å². The quantitative estimate of drug-likeness (QED) is 0.865. The van der Waals surface area contributed by atoms with Crippen molar-refractivity contribution in [2.75, 3.05) is 0 Å². The Morgan fingerprint density at radius 2 is 1.75 bits per heavy atom. The number of rotatable bonds is 3. The van der Waals surface area contributed by atoms with Gasteiger partial charge in [-0.05, 0) is 23.3 Å². The van der Waals surface area contributed by atoms with Gasteiger partial charge in [0.25, 0.3) is 0 Å². The third kappa shape index (κ3) is 3.12. The largest absolute Gasteiger partial charge is 0.481 e. The molecule has 1 rings (SSSR count). The van der Waals surface area contributed by atoms with Crippen LogP contribution in [0.5, 0.6) is 0 Å². The molecule has 0 aromatic heterocycles. The van der Waals surface area contributed by atoms with Crippen LogP contribution >= 0.6 is 0 Å². The number of alkyl halides is 3. The fourth-order valence-electron chi connectivity index (χ4n) is 1.18. The van der Waals surface area contributed by atoms with E-state index in [4.69, 9.17) is 5.11 Å². The van der Waals surface area contributed by atoms with Crippen molar-refractivity contribution in [2.24, 2.45) is 0 Å². The molecule has 0 saturated carbocycles. The highest BCUT2D eigenvalue weighted by molar-refractivity contribution is 5.83. The second-order valence-electron chi connectivity index (χ2n) is 3.25. The number of carbonyl (C=O) groups is 1. The summed E-state index contributed by atoms with van der Waals surface area (Å²) in [6.07, 6.45) is -4.67. The van der Waals surface area contributed by atoms with Crippen molar-refractivity contribution in [3.05, 3.63) is 42.0 Å². The van der Waals surface area contributed by atoms with Crippen molar-refractivity contribution >= 4 is 11.5 Å². The Kier molecular flexibility index (Phi) is 3.37. The number of hydrogen-bond acceptors (Lipinski definition) is 1. The van der Waals surface area contributed by atoms with E-state index in [1.54, 1.807) is 0 Å². The summed E-state index contributed by atoms with van der Waals surface area (Å²) in [6, 6.07) is 4.24. The number of carboxylic acid groups (broad SMARTS) is 1. The molecule has 1 N–H and O–H groups in total. The van der Waals surface area contributed by atoms with Crippen LogP contribution < -0.4 is 0 Å². The summed E-state index contributed by atoms with van der Waals surface area (Å²) in [5.41, 5.74) is -0.0870. The van der Waals surface area contributed by atoms with Crippen LogP contribution in [0.2, 0.25) is 0 Å². The van der Waals surface area contributed by atoms with Gasteiger partial charge < -0.3 is 5.11 Å². The predicted molar refractivity (Wildman–Crippen MR) is 52.7 cm³/mol. The van der Waals surface area contributed by atoms with Gasteiger partial charge in [0, 0.05) is 0 Å². The molecule has 1 aromatic rings. The second-order valence-corrected chi connectivity index (χ2v) is 3.25. The number of aliphatic carboxylic acids is 1. The molecule has 0 aliphatic rings. The molecule has 86 valence electrons. The standard InChI is InChI=1S/C11H9F3O2/c1-7(6-10(15)16)8-2-4-9(5-3-8)11(12,13)14/h2-5H,1,6H2,(H,15,16). The first-order valence-electron chi connectivity index (χ1n) is 4.38. The van der Waals surface area contributed by atoms with Gasteiger partial charge >= 0.3 is 12.1 Å². The molecule has 0 unspecified atom stereocenters. The maximum Gasteiger partial charge on any atom is 0.416 e. The monoisotopic (exact) mass is 230 g/mol. The van der Waals surface area contributed by atoms with Crippen molar-refractivity contribution in [1.82, 2.24) is 0 Å². The average Bonchev–Trinajstić information content (AvgIpc) is 2.15. The van der Waals surface area contributed by atoms with Gasteiger partial charge in [-0.1, -0.05) is 18.7 Å². The van der Waals surface area contributed by atoms with Gasteiger partial charge in [-0.3, -0.25) is 4.79 Å². The van der Waals surface area contributed by atoms with E-state index in [0.717, 1.165) is 12.1 Å². The normalized spacial score (nSPS) is 11.2. The zero-order chi connectivity index (χ0) is 12.3. The van der Waals surface area contributed by atoms with Crippen LogP contribution in [-0.4, -0.2) is 11.1 Å². The maximum atomic E-state index is 12.2. The molecule has 0 amide bonds. The number of carboxylic acids is 1. The van der Waals surface area contributed by atoms with E-state index in [2.05, 4.69) is 6.58 Å². The van der Waals surface area contributed by atoms with E-state index in [9.17, 15) is 18.0 Å². The first kappa shape index (κ1) is 12.3.